The molecule has 0 amide bonds. The third-order valence-electron chi connectivity index (χ3n) is 6.96. The van der Waals surface area contributed by atoms with Gasteiger partial charge in [-0.2, -0.15) is 17.5 Å². The number of aliphatic hydroxyl groups is 1. The van der Waals surface area contributed by atoms with Crippen LogP contribution in [0.3, 0.4) is 0 Å². The highest BCUT2D eigenvalue weighted by Gasteiger charge is 2.51. The largest absolute Gasteiger partial charge is 0.421 e. The number of nitrogens with zero attached hydrogens (tertiary/aromatic N) is 2. The van der Waals surface area contributed by atoms with Gasteiger partial charge in [0.05, 0.1) is 16.2 Å². The third kappa shape index (κ3) is 6.31. The van der Waals surface area contributed by atoms with Crippen LogP contribution in [0, 0.1) is 0 Å². The zero-order valence-corrected chi connectivity index (χ0v) is 23.7. The number of allylic oxidation sites excluding steroid dienone is 4. The van der Waals surface area contributed by atoms with E-state index < -0.39 is 43.1 Å². The molecule has 2 aliphatic rings. The molecule has 3 atom stereocenters. The van der Waals surface area contributed by atoms with Crippen LogP contribution in [0.1, 0.15) is 39.2 Å². The number of halogens is 3. The van der Waals surface area contributed by atoms with Crippen molar-refractivity contribution >= 4 is 42.8 Å². The van der Waals surface area contributed by atoms with Crippen LogP contribution in [-0.4, -0.2) is 74.8 Å². The van der Waals surface area contributed by atoms with E-state index in [4.69, 9.17) is 12.2 Å². The van der Waals surface area contributed by atoms with Crippen LogP contribution in [0.5, 0.6) is 0 Å². The second-order valence-corrected chi connectivity index (χ2v) is 14.1. The van der Waals surface area contributed by atoms with E-state index in [1.165, 1.54) is 22.5 Å². The van der Waals surface area contributed by atoms with E-state index in [2.05, 4.69) is 4.72 Å². The molecule has 1 aliphatic carbocycles. The molecule has 0 bridgehead atoms. The summed E-state index contributed by atoms with van der Waals surface area (Å²) in [5.41, 5.74) is -2.94. The number of thiocarbonyl (C=S) groups is 1. The standard InChI is InChI=1S/C24H32F3N3O5S3/c1-4-17(2)37(32,33)28-15-20-16-29(38(34,35)22-8-6-5-7-21(22)36)13-14-30(20)19-11-9-18(10-12-19)23(3,31)24(25,26)27/h5-6,8-12,17,20,28,31H,4,7,13-16H2,1-3H3/t17?,20-,23?/m0/s1. The molecule has 1 fully saturated rings. The fraction of sp³-hybridized carbons (Fsp3) is 0.542. The molecular formula is C24H32F3N3O5S3. The predicted octanol–water partition coefficient (Wildman–Crippen LogP) is 3.21. The molecule has 8 nitrogen and oxygen atoms in total. The van der Waals surface area contributed by atoms with E-state index in [-0.39, 0.29) is 41.5 Å². The minimum Gasteiger partial charge on any atom is -0.376 e. The highest BCUT2D eigenvalue weighted by molar-refractivity contribution is 7.96. The van der Waals surface area contributed by atoms with E-state index in [1.54, 1.807) is 30.9 Å². The van der Waals surface area contributed by atoms with Gasteiger partial charge in [-0.3, -0.25) is 0 Å². The summed E-state index contributed by atoms with van der Waals surface area (Å²) < 4.78 is 95.7. The summed E-state index contributed by atoms with van der Waals surface area (Å²) in [5.74, 6) is 0. The van der Waals surface area contributed by atoms with Gasteiger partial charge < -0.3 is 10.0 Å². The Morgan fingerprint density at radius 2 is 1.79 bits per heavy atom. The van der Waals surface area contributed by atoms with Gasteiger partial charge in [0.2, 0.25) is 20.0 Å². The molecule has 2 N–H and O–H groups in total. The number of benzene rings is 1. The van der Waals surface area contributed by atoms with Crippen molar-refractivity contribution in [2.75, 3.05) is 31.1 Å². The number of nitrogens with one attached hydrogen (secondary N) is 1. The molecule has 0 radical (unpaired) electrons. The Hall–Kier alpha value is -1.84. The summed E-state index contributed by atoms with van der Waals surface area (Å²) in [7, 11) is -7.63. The Morgan fingerprint density at radius 1 is 1.16 bits per heavy atom. The topological polar surface area (TPSA) is 107 Å². The van der Waals surface area contributed by atoms with Gasteiger partial charge in [-0.15, -0.1) is 0 Å². The summed E-state index contributed by atoms with van der Waals surface area (Å²) in [4.78, 5) is 2.07. The van der Waals surface area contributed by atoms with Crippen LogP contribution < -0.4 is 9.62 Å². The van der Waals surface area contributed by atoms with Crippen molar-refractivity contribution in [3.63, 3.8) is 0 Å². The highest BCUT2D eigenvalue weighted by Crippen LogP contribution is 2.39. The second kappa shape index (κ2) is 11.3. The maximum absolute atomic E-state index is 13.4. The number of alkyl halides is 3. The van der Waals surface area contributed by atoms with E-state index >= 15 is 0 Å². The molecule has 38 heavy (non-hydrogen) atoms. The maximum atomic E-state index is 13.4. The Bertz CT molecular complexity index is 1310. The Labute approximate surface area is 227 Å². The SMILES string of the molecule is CCC(C)S(=O)(=O)NC[C@H]1CN(S(=O)(=O)C2=CC=CCC2=S)CCN1c1ccc(C(C)(O)C(F)(F)F)cc1. The van der Waals surface area contributed by atoms with E-state index in [0.29, 0.717) is 25.5 Å². The lowest BCUT2D eigenvalue weighted by Crippen LogP contribution is -2.59. The smallest absolute Gasteiger partial charge is 0.376 e. The number of rotatable bonds is 9. The van der Waals surface area contributed by atoms with Crippen molar-refractivity contribution in [3.05, 3.63) is 53.0 Å². The van der Waals surface area contributed by atoms with Crippen LogP contribution in [0.4, 0.5) is 18.9 Å². The van der Waals surface area contributed by atoms with Gasteiger partial charge in [-0.1, -0.05) is 43.4 Å². The van der Waals surface area contributed by atoms with Gasteiger partial charge in [-0.25, -0.2) is 21.6 Å². The zero-order valence-electron chi connectivity index (χ0n) is 21.3. The number of hydrogen-bond acceptors (Lipinski definition) is 7. The molecule has 14 heteroatoms. The average Bonchev–Trinajstić information content (AvgIpc) is 2.86. The monoisotopic (exact) mass is 595 g/mol. The van der Waals surface area contributed by atoms with Crippen molar-refractivity contribution < 1.29 is 35.1 Å². The maximum Gasteiger partial charge on any atom is 0.421 e. The summed E-state index contributed by atoms with van der Waals surface area (Å²) in [6.07, 6.45) is 0.643. The molecule has 1 aliphatic heterocycles. The molecular weight excluding hydrogens is 563 g/mol. The van der Waals surface area contributed by atoms with Crippen molar-refractivity contribution in [1.29, 1.82) is 0 Å². The number of sulfonamides is 2. The van der Waals surface area contributed by atoms with Crippen LogP contribution >= 0.6 is 12.2 Å². The first-order chi connectivity index (χ1) is 17.5. The van der Waals surface area contributed by atoms with Crippen molar-refractivity contribution in [1.82, 2.24) is 9.03 Å². The molecule has 0 spiro atoms. The number of anilines is 1. The first kappa shape index (κ1) is 30.7. The van der Waals surface area contributed by atoms with Crippen LogP contribution in [0.2, 0.25) is 0 Å². The van der Waals surface area contributed by atoms with Crippen molar-refractivity contribution in [2.45, 2.75) is 56.7 Å². The molecule has 1 aromatic rings. The first-order valence-electron chi connectivity index (χ1n) is 12.1. The average molecular weight is 596 g/mol. The van der Waals surface area contributed by atoms with Gasteiger partial charge in [0.1, 0.15) is 0 Å². The van der Waals surface area contributed by atoms with Gasteiger partial charge in [0.25, 0.3) is 0 Å². The first-order valence-corrected chi connectivity index (χ1v) is 15.5. The van der Waals surface area contributed by atoms with Gasteiger partial charge in [-0.05, 0) is 44.0 Å². The Balaban J connectivity index is 1.91. The van der Waals surface area contributed by atoms with Crippen LogP contribution in [0.25, 0.3) is 0 Å². The molecule has 1 saturated heterocycles. The normalized spacial score (nSPS) is 22.2. The second-order valence-electron chi connectivity index (χ2n) is 9.53. The number of hydrogen-bond donors (Lipinski definition) is 2. The minimum absolute atomic E-state index is 0.0288. The fourth-order valence-electron chi connectivity index (χ4n) is 4.17. The molecule has 3 rings (SSSR count). The fourth-order valence-corrected chi connectivity index (χ4v) is 7.39. The lowest BCUT2D eigenvalue weighted by atomic mass is 9.95. The van der Waals surface area contributed by atoms with E-state index in [9.17, 15) is 35.1 Å². The van der Waals surface area contributed by atoms with Gasteiger partial charge in [0, 0.05) is 43.2 Å². The summed E-state index contributed by atoms with van der Waals surface area (Å²) >= 11 is 5.26. The van der Waals surface area contributed by atoms with Crippen LogP contribution in [0.15, 0.2) is 47.4 Å². The molecule has 1 aromatic carbocycles. The number of piperazine rings is 1. The molecule has 2 unspecified atom stereocenters. The Morgan fingerprint density at radius 3 is 2.34 bits per heavy atom. The summed E-state index contributed by atoms with van der Waals surface area (Å²) in [5, 5.41) is 9.32. The van der Waals surface area contributed by atoms with Crippen molar-refractivity contribution in [2.24, 2.45) is 0 Å². The summed E-state index contributed by atoms with van der Waals surface area (Å²) in [6.45, 7) is 3.98. The summed E-state index contributed by atoms with van der Waals surface area (Å²) in [6, 6.07) is 4.45. The van der Waals surface area contributed by atoms with Crippen molar-refractivity contribution in [3.8, 4) is 0 Å². The minimum atomic E-state index is -4.88. The third-order valence-corrected chi connectivity index (χ3v) is 11.4. The van der Waals surface area contributed by atoms with Gasteiger partial charge >= 0.3 is 6.18 Å². The van der Waals surface area contributed by atoms with E-state index in [0.717, 1.165) is 12.1 Å². The molecule has 0 saturated carbocycles. The lowest BCUT2D eigenvalue weighted by molar-refractivity contribution is -0.258. The van der Waals surface area contributed by atoms with Crippen LogP contribution in [-0.2, 0) is 25.6 Å². The van der Waals surface area contributed by atoms with E-state index in [1.807, 2.05) is 0 Å². The zero-order chi connectivity index (χ0) is 28.5. The molecule has 212 valence electrons. The molecule has 1 heterocycles. The quantitative estimate of drug-likeness (QED) is 0.423. The lowest BCUT2D eigenvalue weighted by Gasteiger charge is -2.42. The Kier molecular flexibility index (Phi) is 9.16. The molecule has 0 aromatic heterocycles. The predicted molar refractivity (Wildman–Crippen MR) is 145 cm³/mol. The highest BCUT2D eigenvalue weighted by atomic mass is 32.2. The van der Waals surface area contributed by atoms with Gasteiger partial charge in [0.15, 0.2) is 5.60 Å².